The number of ether oxygens (including phenoxy) is 3. The van der Waals surface area contributed by atoms with Gasteiger partial charge in [-0.3, -0.25) is 9.59 Å². The second-order valence-corrected chi connectivity index (χ2v) is 8.92. The van der Waals surface area contributed by atoms with Gasteiger partial charge in [0.25, 0.3) is 5.91 Å². The van der Waals surface area contributed by atoms with Crippen LogP contribution in [0, 0.1) is 12.7 Å². The maximum Gasteiger partial charge on any atom is 0.262 e. The highest BCUT2D eigenvalue weighted by molar-refractivity contribution is 6.00. The van der Waals surface area contributed by atoms with Crippen molar-refractivity contribution in [1.82, 2.24) is 9.88 Å². The first-order chi connectivity index (χ1) is 16.3. The number of amides is 2. The van der Waals surface area contributed by atoms with Gasteiger partial charge in [-0.1, -0.05) is 0 Å². The van der Waals surface area contributed by atoms with Crippen LogP contribution in [0.15, 0.2) is 18.3 Å². The normalized spacial score (nSPS) is 22.1. The molecule has 1 saturated heterocycles. The maximum absolute atomic E-state index is 14.9. The molecule has 3 aliphatic rings. The van der Waals surface area contributed by atoms with Crippen molar-refractivity contribution in [2.45, 2.75) is 51.4 Å². The molecule has 1 N–H and O–H groups in total. The molecule has 0 unspecified atom stereocenters. The second-order valence-electron chi connectivity index (χ2n) is 8.92. The molecule has 8 nitrogen and oxygen atoms in total. The van der Waals surface area contributed by atoms with Crippen LogP contribution in [0.1, 0.15) is 41.3 Å². The van der Waals surface area contributed by atoms with Crippen LogP contribution < -0.4 is 19.5 Å². The van der Waals surface area contributed by atoms with E-state index in [-0.39, 0.29) is 53.8 Å². The minimum Gasteiger partial charge on any atom is -0.490 e. The van der Waals surface area contributed by atoms with Crippen molar-refractivity contribution in [2.75, 3.05) is 25.1 Å². The molecule has 3 aliphatic heterocycles. The van der Waals surface area contributed by atoms with E-state index in [1.165, 1.54) is 13.0 Å². The summed E-state index contributed by atoms with van der Waals surface area (Å²) < 4.78 is 45.4. The third kappa shape index (κ3) is 4.01. The van der Waals surface area contributed by atoms with Crippen LogP contribution in [0.5, 0.6) is 17.4 Å². The number of hydrogen-bond acceptors (Lipinski definition) is 6. The van der Waals surface area contributed by atoms with E-state index in [1.807, 2.05) is 0 Å². The monoisotopic (exact) mass is 473 g/mol. The van der Waals surface area contributed by atoms with E-state index in [9.17, 15) is 18.4 Å². The van der Waals surface area contributed by atoms with E-state index in [1.54, 1.807) is 24.1 Å². The maximum atomic E-state index is 14.9. The van der Waals surface area contributed by atoms with Crippen molar-refractivity contribution < 1.29 is 32.6 Å². The number of hydrogen-bond donors (Lipinski definition) is 1. The molecule has 34 heavy (non-hydrogen) atoms. The lowest BCUT2D eigenvalue weighted by Crippen LogP contribution is -2.37. The Bertz CT molecular complexity index is 1160. The van der Waals surface area contributed by atoms with Gasteiger partial charge >= 0.3 is 0 Å². The van der Waals surface area contributed by atoms with Crippen LogP contribution in [-0.4, -0.2) is 59.8 Å². The zero-order valence-electron chi connectivity index (χ0n) is 18.9. The molecule has 0 radical (unpaired) electrons. The summed E-state index contributed by atoms with van der Waals surface area (Å²) in [5.41, 5.74) is 1.83. The average molecular weight is 473 g/mol. The number of fused-ring (bicyclic) bond motifs is 3. The number of carbonyl (C=O) groups is 2. The van der Waals surface area contributed by atoms with E-state index < -0.39 is 24.5 Å². The topological polar surface area (TPSA) is 90.0 Å². The number of aromatic nitrogens is 1. The van der Waals surface area contributed by atoms with Crippen LogP contribution in [0.2, 0.25) is 0 Å². The predicted molar refractivity (Wildman–Crippen MR) is 118 cm³/mol. The molecule has 10 heteroatoms. The average Bonchev–Trinajstić information content (AvgIpc) is 3.17. The number of pyridine rings is 1. The standard InChI is InChI=1S/C24H25F2N3O5/c1-12-5-18-21(23(22(12)26)33-13(2)8-25)24(31)29-10-16(6-15(29)11-32-18)34-20-7-17-14(9-27-20)3-4-19(30)28-17/h5,7,9,13,15-16H,3-4,6,8,10-11H2,1-2H3,(H,28,30)/t13-,15-,16+/m1/s1. The minimum absolute atomic E-state index is 0.0406. The van der Waals surface area contributed by atoms with Crippen LogP contribution in [0.4, 0.5) is 14.5 Å². The third-order valence-corrected chi connectivity index (χ3v) is 6.33. The van der Waals surface area contributed by atoms with Gasteiger partial charge in [0.1, 0.15) is 36.8 Å². The Labute approximate surface area is 195 Å². The molecule has 0 bridgehead atoms. The number of nitrogens with one attached hydrogen (secondary N) is 1. The molecule has 0 aliphatic carbocycles. The van der Waals surface area contributed by atoms with E-state index in [0.717, 1.165) is 5.56 Å². The Morgan fingerprint density at radius 3 is 2.94 bits per heavy atom. The van der Waals surface area contributed by atoms with Crippen molar-refractivity contribution >= 4 is 17.5 Å². The van der Waals surface area contributed by atoms with Crippen molar-refractivity contribution in [2.24, 2.45) is 0 Å². The van der Waals surface area contributed by atoms with Gasteiger partial charge in [-0.2, -0.15) is 0 Å². The molecule has 1 fully saturated rings. The van der Waals surface area contributed by atoms with Crippen LogP contribution in [0.25, 0.3) is 0 Å². The number of anilines is 1. The van der Waals surface area contributed by atoms with Crippen molar-refractivity contribution in [3.8, 4) is 17.4 Å². The lowest BCUT2D eigenvalue weighted by atomic mass is 10.1. The second kappa shape index (κ2) is 8.73. The highest BCUT2D eigenvalue weighted by atomic mass is 19.1. The predicted octanol–water partition coefficient (Wildman–Crippen LogP) is 3.21. The smallest absolute Gasteiger partial charge is 0.262 e. The Morgan fingerprint density at radius 1 is 1.32 bits per heavy atom. The fourth-order valence-electron chi connectivity index (χ4n) is 4.56. The first-order valence-corrected chi connectivity index (χ1v) is 11.3. The molecule has 2 aromatic rings. The largest absolute Gasteiger partial charge is 0.490 e. The van der Waals surface area contributed by atoms with Gasteiger partial charge in [-0.05, 0) is 37.5 Å². The van der Waals surface area contributed by atoms with Gasteiger partial charge < -0.3 is 24.4 Å². The molecular formula is C24H25F2N3O5. The summed E-state index contributed by atoms with van der Waals surface area (Å²) in [6, 6.07) is 2.86. The quantitative estimate of drug-likeness (QED) is 0.718. The lowest BCUT2D eigenvalue weighted by molar-refractivity contribution is -0.116. The van der Waals surface area contributed by atoms with Gasteiger partial charge in [-0.25, -0.2) is 13.8 Å². The summed E-state index contributed by atoms with van der Waals surface area (Å²) in [7, 11) is 0. The zero-order chi connectivity index (χ0) is 24.0. The van der Waals surface area contributed by atoms with Gasteiger partial charge in [0.05, 0.1) is 18.3 Å². The zero-order valence-corrected chi connectivity index (χ0v) is 18.9. The van der Waals surface area contributed by atoms with E-state index in [2.05, 4.69) is 10.3 Å². The van der Waals surface area contributed by atoms with Gasteiger partial charge in [0.2, 0.25) is 11.8 Å². The summed E-state index contributed by atoms with van der Waals surface area (Å²) in [5.74, 6) is -0.926. The number of alkyl halides is 1. The van der Waals surface area contributed by atoms with Crippen molar-refractivity contribution in [1.29, 1.82) is 0 Å². The fraction of sp³-hybridized carbons (Fsp3) is 0.458. The Morgan fingerprint density at radius 2 is 2.15 bits per heavy atom. The lowest BCUT2D eigenvalue weighted by Gasteiger charge is -2.22. The molecule has 1 aromatic carbocycles. The van der Waals surface area contributed by atoms with E-state index >= 15 is 0 Å². The van der Waals surface area contributed by atoms with E-state index in [4.69, 9.17) is 14.2 Å². The third-order valence-electron chi connectivity index (χ3n) is 6.33. The van der Waals surface area contributed by atoms with Crippen LogP contribution in [0.3, 0.4) is 0 Å². The highest BCUT2D eigenvalue weighted by Gasteiger charge is 2.42. The molecule has 3 atom stereocenters. The Balaban J connectivity index is 1.38. The molecule has 0 saturated carbocycles. The number of carbonyl (C=O) groups excluding carboxylic acids is 2. The molecule has 0 spiro atoms. The Hall–Kier alpha value is -3.43. The van der Waals surface area contributed by atoms with Crippen molar-refractivity contribution in [3.63, 3.8) is 0 Å². The van der Waals surface area contributed by atoms with Gasteiger partial charge in [0, 0.05) is 25.1 Å². The number of rotatable bonds is 5. The van der Waals surface area contributed by atoms with Gasteiger partial charge in [-0.15, -0.1) is 0 Å². The highest BCUT2D eigenvalue weighted by Crippen LogP contribution is 2.40. The van der Waals surface area contributed by atoms with E-state index in [0.29, 0.717) is 30.8 Å². The van der Waals surface area contributed by atoms with Crippen LogP contribution >= 0.6 is 0 Å². The van der Waals surface area contributed by atoms with Crippen LogP contribution in [-0.2, 0) is 11.2 Å². The summed E-state index contributed by atoms with van der Waals surface area (Å²) in [6.07, 6.45) is 1.94. The first-order valence-electron chi connectivity index (χ1n) is 11.3. The molecule has 5 rings (SSSR count). The molecule has 2 amide bonds. The fourth-order valence-corrected chi connectivity index (χ4v) is 4.56. The van der Waals surface area contributed by atoms with Crippen molar-refractivity contribution in [3.05, 3.63) is 40.8 Å². The SMILES string of the molecule is Cc1cc2c(c(O[C@H](C)CF)c1F)C(=O)N1C[C@@H](Oc3cc4c(cn3)CCC(=O)N4)C[C@@H]1CO2. The number of nitrogens with zero attached hydrogens (tertiary/aromatic N) is 2. The minimum atomic E-state index is -0.919. The van der Waals surface area contributed by atoms with Gasteiger partial charge in [0.15, 0.2) is 11.6 Å². The first kappa shape index (κ1) is 22.4. The summed E-state index contributed by atoms with van der Waals surface area (Å²) in [5, 5.41) is 2.82. The summed E-state index contributed by atoms with van der Waals surface area (Å²) in [4.78, 5) is 31.1. The number of benzene rings is 1. The summed E-state index contributed by atoms with van der Waals surface area (Å²) in [6.45, 7) is 2.63. The molecule has 4 heterocycles. The number of aryl methyl sites for hydroxylation is 2. The Kier molecular flexibility index (Phi) is 5.75. The molecule has 180 valence electrons. The number of halogens is 2. The molecule has 1 aromatic heterocycles. The summed E-state index contributed by atoms with van der Waals surface area (Å²) >= 11 is 0. The molecular weight excluding hydrogens is 448 g/mol.